The molecule has 37 heavy (non-hydrogen) atoms. The molecular formula is C31H31IN2O2Si. The number of nitrogens with zero attached hydrogens (tertiary/aromatic N) is 2. The van der Waals surface area contributed by atoms with Crippen molar-refractivity contribution in [2.75, 3.05) is 13.2 Å². The first kappa shape index (κ1) is 25.7. The van der Waals surface area contributed by atoms with Gasteiger partial charge < -0.3 is 13.6 Å². The molecule has 3 aromatic carbocycles. The third-order valence-corrected chi connectivity index (χ3v) is 12.3. The molecule has 4 nitrogen and oxygen atoms in total. The van der Waals surface area contributed by atoms with Crippen molar-refractivity contribution in [3.63, 3.8) is 0 Å². The Kier molecular flexibility index (Phi) is 7.51. The first-order valence-electron chi connectivity index (χ1n) is 12.5. The number of aromatic nitrogens is 2. The highest BCUT2D eigenvalue weighted by Crippen LogP contribution is 2.36. The Labute approximate surface area is 233 Å². The summed E-state index contributed by atoms with van der Waals surface area (Å²) >= 11 is 2.31. The fourth-order valence-corrected chi connectivity index (χ4v) is 9.97. The van der Waals surface area contributed by atoms with Crippen molar-refractivity contribution < 1.29 is 9.16 Å². The largest absolute Gasteiger partial charge is 0.491 e. The zero-order chi connectivity index (χ0) is 25.9. The van der Waals surface area contributed by atoms with Crippen LogP contribution < -0.4 is 15.1 Å². The van der Waals surface area contributed by atoms with Crippen LogP contribution in [0.4, 0.5) is 0 Å². The highest BCUT2D eigenvalue weighted by Gasteiger charge is 2.50. The highest BCUT2D eigenvalue weighted by atomic mass is 127. The lowest BCUT2D eigenvalue weighted by atomic mass is 10.2. The standard InChI is InChI=1S/C31H31IN2O2Si/c1-31(2,3)37(27-10-6-4-7-11-27,28-12-8-5-9-13-28)36-21-20-35-26-17-14-24(15-18-26)29-23-34-22-25(32)16-19-30(34)33-29/h4-19,22-23H,20-21H2,1-3H3. The lowest BCUT2D eigenvalue weighted by molar-refractivity contribution is 0.208. The van der Waals surface area contributed by atoms with E-state index in [0.29, 0.717) is 13.2 Å². The van der Waals surface area contributed by atoms with Gasteiger partial charge >= 0.3 is 0 Å². The van der Waals surface area contributed by atoms with Crippen LogP contribution in [0.2, 0.25) is 5.04 Å². The topological polar surface area (TPSA) is 35.8 Å². The molecule has 0 aliphatic heterocycles. The van der Waals surface area contributed by atoms with Gasteiger partial charge in [-0.1, -0.05) is 81.4 Å². The van der Waals surface area contributed by atoms with Gasteiger partial charge in [0.25, 0.3) is 8.32 Å². The van der Waals surface area contributed by atoms with Crippen LogP contribution in [0.5, 0.6) is 5.75 Å². The van der Waals surface area contributed by atoms with Crippen molar-refractivity contribution in [1.82, 2.24) is 9.38 Å². The van der Waals surface area contributed by atoms with Crippen LogP contribution in [0.25, 0.3) is 16.9 Å². The molecule has 5 rings (SSSR count). The van der Waals surface area contributed by atoms with Gasteiger partial charge in [-0.15, -0.1) is 0 Å². The van der Waals surface area contributed by atoms with Crippen LogP contribution in [0.3, 0.4) is 0 Å². The van der Waals surface area contributed by atoms with E-state index in [1.807, 2.05) is 18.2 Å². The second-order valence-corrected chi connectivity index (χ2v) is 15.7. The van der Waals surface area contributed by atoms with Gasteiger partial charge in [0.1, 0.15) is 18.0 Å². The number of pyridine rings is 1. The molecule has 0 aliphatic rings. The van der Waals surface area contributed by atoms with Gasteiger partial charge in [0.2, 0.25) is 0 Å². The number of ether oxygens (including phenoxy) is 1. The molecule has 2 heterocycles. The van der Waals surface area contributed by atoms with E-state index in [0.717, 1.165) is 22.7 Å². The molecule has 0 spiro atoms. The SMILES string of the molecule is CC(C)(C)[Si](OCCOc1ccc(-c2cn3cc(I)ccc3n2)cc1)(c1ccccc1)c1ccccc1. The average Bonchev–Trinajstić information content (AvgIpc) is 3.33. The lowest BCUT2D eigenvalue weighted by Crippen LogP contribution is -2.66. The molecule has 0 N–H and O–H groups in total. The number of hydrogen-bond acceptors (Lipinski definition) is 3. The van der Waals surface area contributed by atoms with Crippen molar-refractivity contribution in [3.05, 3.63) is 113 Å². The van der Waals surface area contributed by atoms with Crippen LogP contribution >= 0.6 is 22.6 Å². The molecule has 0 saturated heterocycles. The second kappa shape index (κ2) is 10.8. The Morgan fingerprint density at radius 2 is 1.38 bits per heavy atom. The molecule has 0 unspecified atom stereocenters. The molecule has 5 aromatic rings. The summed E-state index contributed by atoms with van der Waals surface area (Å²) < 4.78 is 16.3. The Morgan fingerprint density at radius 1 is 0.757 bits per heavy atom. The predicted molar refractivity (Wildman–Crippen MR) is 162 cm³/mol. The number of imidazole rings is 1. The maximum atomic E-state index is 6.92. The molecule has 6 heteroatoms. The van der Waals surface area contributed by atoms with Crippen LogP contribution in [-0.4, -0.2) is 30.9 Å². The second-order valence-electron chi connectivity index (χ2n) is 10.1. The van der Waals surface area contributed by atoms with E-state index in [2.05, 4.69) is 139 Å². The lowest BCUT2D eigenvalue weighted by Gasteiger charge is -2.43. The third kappa shape index (κ3) is 5.37. The van der Waals surface area contributed by atoms with Gasteiger partial charge in [0, 0.05) is 21.5 Å². The molecule has 0 radical (unpaired) electrons. The summed E-state index contributed by atoms with van der Waals surface area (Å²) in [6.45, 7) is 7.87. The van der Waals surface area contributed by atoms with E-state index in [1.54, 1.807) is 0 Å². The average molecular weight is 619 g/mol. The summed E-state index contributed by atoms with van der Waals surface area (Å²) in [6, 6.07) is 33.7. The van der Waals surface area contributed by atoms with Gasteiger partial charge in [-0.3, -0.25) is 0 Å². The van der Waals surface area contributed by atoms with E-state index in [-0.39, 0.29) is 5.04 Å². The van der Waals surface area contributed by atoms with E-state index in [9.17, 15) is 0 Å². The molecule has 0 fully saturated rings. The maximum Gasteiger partial charge on any atom is 0.261 e. The van der Waals surface area contributed by atoms with E-state index in [1.165, 1.54) is 13.9 Å². The van der Waals surface area contributed by atoms with Crippen molar-refractivity contribution in [3.8, 4) is 17.0 Å². The summed E-state index contributed by atoms with van der Waals surface area (Å²) in [5.41, 5.74) is 2.95. The first-order valence-corrected chi connectivity index (χ1v) is 15.5. The van der Waals surface area contributed by atoms with Crippen molar-refractivity contribution in [1.29, 1.82) is 0 Å². The fourth-order valence-electron chi connectivity index (χ4n) is 4.94. The van der Waals surface area contributed by atoms with Crippen molar-refractivity contribution in [2.45, 2.75) is 25.8 Å². The summed E-state index contributed by atoms with van der Waals surface area (Å²) in [7, 11) is -2.55. The molecule has 0 aliphatic carbocycles. The number of fused-ring (bicyclic) bond motifs is 1. The smallest absolute Gasteiger partial charge is 0.261 e. The monoisotopic (exact) mass is 618 g/mol. The number of benzene rings is 3. The van der Waals surface area contributed by atoms with Crippen LogP contribution in [0, 0.1) is 3.57 Å². The first-order chi connectivity index (χ1) is 17.9. The Morgan fingerprint density at radius 3 is 1.97 bits per heavy atom. The van der Waals surface area contributed by atoms with Crippen molar-refractivity contribution >= 4 is 46.9 Å². The summed E-state index contributed by atoms with van der Waals surface area (Å²) in [5, 5.41) is 2.50. The Balaban J connectivity index is 1.30. The molecule has 0 amide bonds. The minimum Gasteiger partial charge on any atom is -0.491 e. The third-order valence-electron chi connectivity index (χ3n) is 6.65. The molecule has 0 saturated carbocycles. The minimum absolute atomic E-state index is 0.0521. The number of rotatable bonds is 8. The molecule has 2 aromatic heterocycles. The van der Waals surface area contributed by atoms with Gasteiger partial charge in [-0.2, -0.15) is 0 Å². The molecular weight excluding hydrogens is 587 g/mol. The van der Waals surface area contributed by atoms with Crippen LogP contribution in [0.15, 0.2) is 109 Å². The number of halogens is 1. The Bertz CT molecular complexity index is 1420. The van der Waals surface area contributed by atoms with E-state index < -0.39 is 8.32 Å². The highest BCUT2D eigenvalue weighted by molar-refractivity contribution is 14.1. The maximum absolute atomic E-state index is 6.92. The summed E-state index contributed by atoms with van der Waals surface area (Å²) in [5.74, 6) is 0.827. The van der Waals surface area contributed by atoms with E-state index in [4.69, 9.17) is 14.1 Å². The fraction of sp³-hybridized carbons (Fsp3) is 0.194. The van der Waals surface area contributed by atoms with E-state index >= 15 is 0 Å². The quantitative estimate of drug-likeness (QED) is 0.112. The summed E-state index contributed by atoms with van der Waals surface area (Å²) in [4.78, 5) is 4.74. The molecule has 0 atom stereocenters. The van der Waals surface area contributed by atoms with Gasteiger partial charge in [-0.05, 0) is 74.4 Å². The zero-order valence-corrected chi connectivity index (χ0v) is 24.6. The summed E-state index contributed by atoms with van der Waals surface area (Å²) in [6.07, 6.45) is 4.14. The predicted octanol–water partition coefficient (Wildman–Crippen LogP) is 6.56. The van der Waals surface area contributed by atoms with Gasteiger partial charge in [0.15, 0.2) is 0 Å². The number of hydrogen-bond donors (Lipinski definition) is 0. The molecule has 188 valence electrons. The van der Waals surface area contributed by atoms with Gasteiger partial charge in [0.05, 0.1) is 12.3 Å². The normalized spacial score (nSPS) is 12.1. The van der Waals surface area contributed by atoms with Crippen LogP contribution in [-0.2, 0) is 4.43 Å². The minimum atomic E-state index is -2.55. The van der Waals surface area contributed by atoms with Gasteiger partial charge in [-0.25, -0.2) is 4.98 Å². The van der Waals surface area contributed by atoms with Crippen molar-refractivity contribution in [2.24, 2.45) is 0 Å². The molecule has 0 bridgehead atoms. The Hall–Kier alpha value is -2.94. The zero-order valence-electron chi connectivity index (χ0n) is 21.4. The van der Waals surface area contributed by atoms with Crippen LogP contribution in [0.1, 0.15) is 20.8 Å².